The number of hydrogen-bond acceptors (Lipinski definition) is 4. The molecule has 2 N–H and O–H groups in total. The highest BCUT2D eigenvalue weighted by atomic mass is 32.2. The van der Waals surface area contributed by atoms with E-state index in [1.807, 2.05) is 44.2 Å². The van der Waals surface area contributed by atoms with Crippen molar-refractivity contribution in [3.8, 4) is 0 Å². The molecule has 0 aliphatic carbocycles. The molecule has 6 heteroatoms. The maximum Gasteiger partial charge on any atom is 0.155 e. The normalized spacial score (nSPS) is 11.7. The van der Waals surface area contributed by atoms with Crippen LogP contribution in [0.2, 0.25) is 0 Å². The summed E-state index contributed by atoms with van der Waals surface area (Å²) in [5, 5.41) is 10.2. The lowest BCUT2D eigenvalue weighted by atomic mass is 10.2. The van der Waals surface area contributed by atoms with E-state index in [0.717, 1.165) is 22.5 Å². The molecule has 0 saturated heterocycles. The van der Waals surface area contributed by atoms with Gasteiger partial charge in [-0.2, -0.15) is 5.10 Å². The van der Waals surface area contributed by atoms with Crippen LogP contribution in [0.5, 0.6) is 0 Å². The third-order valence-corrected chi connectivity index (χ3v) is 5.00. The minimum atomic E-state index is -3.08. The summed E-state index contributed by atoms with van der Waals surface area (Å²) >= 11 is 0. The van der Waals surface area contributed by atoms with E-state index in [-0.39, 0.29) is 11.5 Å². The van der Waals surface area contributed by atoms with E-state index in [9.17, 15) is 8.42 Å². The van der Waals surface area contributed by atoms with Crippen LogP contribution in [0.3, 0.4) is 0 Å². The Morgan fingerprint density at radius 3 is 2.52 bits per heavy atom. The molecule has 2 aromatic rings. The predicted molar refractivity (Wildman–Crippen MR) is 83.7 cm³/mol. The summed E-state index contributed by atoms with van der Waals surface area (Å²) in [6.07, 6.45) is 0. The van der Waals surface area contributed by atoms with Crippen molar-refractivity contribution in [3.63, 3.8) is 0 Å². The summed E-state index contributed by atoms with van der Waals surface area (Å²) in [4.78, 5) is 0. The summed E-state index contributed by atoms with van der Waals surface area (Å²) in [5.74, 6) is 0.233. The number of aromatic amines is 1. The SMILES string of the molecule is Cc1n[nH]c(C)c1CNCCS(=O)(=O)Cc1ccccc1. The zero-order chi connectivity index (χ0) is 15.3. The molecule has 0 aliphatic rings. The lowest BCUT2D eigenvalue weighted by Crippen LogP contribution is -2.24. The lowest BCUT2D eigenvalue weighted by molar-refractivity contribution is 0.589. The van der Waals surface area contributed by atoms with Gasteiger partial charge in [-0.25, -0.2) is 8.42 Å². The maximum atomic E-state index is 12.0. The van der Waals surface area contributed by atoms with E-state index in [2.05, 4.69) is 15.5 Å². The number of rotatable bonds is 7. The first-order chi connectivity index (χ1) is 9.98. The number of aromatic nitrogens is 2. The average Bonchev–Trinajstić information content (AvgIpc) is 2.75. The van der Waals surface area contributed by atoms with E-state index in [4.69, 9.17) is 0 Å². The monoisotopic (exact) mass is 307 g/mol. The van der Waals surface area contributed by atoms with Gasteiger partial charge in [0.1, 0.15) is 0 Å². The summed E-state index contributed by atoms with van der Waals surface area (Å²) in [6.45, 7) is 4.98. The fourth-order valence-corrected chi connectivity index (χ4v) is 3.48. The van der Waals surface area contributed by atoms with Gasteiger partial charge in [0, 0.05) is 24.3 Å². The number of hydrogen-bond donors (Lipinski definition) is 2. The fraction of sp³-hybridized carbons (Fsp3) is 0.400. The van der Waals surface area contributed by atoms with Gasteiger partial charge in [0.15, 0.2) is 9.84 Å². The highest BCUT2D eigenvalue weighted by Crippen LogP contribution is 2.09. The second kappa shape index (κ2) is 6.87. The van der Waals surface area contributed by atoms with Crippen LogP contribution in [-0.2, 0) is 22.1 Å². The van der Waals surface area contributed by atoms with Crippen molar-refractivity contribution >= 4 is 9.84 Å². The van der Waals surface area contributed by atoms with Crippen molar-refractivity contribution in [2.45, 2.75) is 26.1 Å². The molecule has 0 aliphatic heterocycles. The predicted octanol–water partition coefficient (Wildman–Crippen LogP) is 1.73. The maximum absolute atomic E-state index is 12.0. The van der Waals surface area contributed by atoms with Crippen molar-refractivity contribution < 1.29 is 8.42 Å². The third kappa shape index (κ3) is 4.68. The smallest absolute Gasteiger partial charge is 0.155 e. The Hall–Kier alpha value is -1.66. The van der Waals surface area contributed by atoms with Gasteiger partial charge in [0.05, 0.1) is 17.2 Å². The molecule has 5 nitrogen and oxygen atoms in total. The van der Waals surface area contributed by atoms with E-state index >= 15 is 0 Å². The lowest BCUT2D eigenvalue weighted by Gasteiger charge is -2.07. The zero-order valence-corrected chi connectivity index (χ0v) is 13.2. The molecule has 0 saturated carbocycles. The summed E-state index contributed by atoms with van der Waals surface area (Å²) in [7, 11) is -3.08. The van der Waals surface area contributed by atoms with Gasteiger partial charge in [-0.05, 0) is 19.4 Å². The topological polar surface area (TPSA) is 74.8 Å². The molecule has 0 atom stereocenters. The van der Waals surface area contributed by atoms with Crippen LogP contribution in [0.1, 0.15) is 22.5 Å². The molecule has 1 aromatic carbocycles. The average molecular weight is 307 g/mol. The third-order valence-electron chi connectivity index (χ3n) is 3.40. The molecule has 0 fully saturated rings. The highest BCUT2D eigenvalue weighted by Gasteiger charge is 2.12. The van der Waals surface area contributed by atoms with Crippen LogP contribution in [0, 0.1) is 13.8 Å². The number of benzene rings is 1. The largest absolute Gasteiger partial charge is 0.312 e. The van der Waals surface area contributed by atoms with Crippen LogP contribution in [-0.4, -0.2) is 30.9 Å². The Bertz CT molecular complexity index is 659. The van der Waals surface area contributed by atoms with Gasteiger partial charge < -0.3 is 5.32 Å². The van der Waals surface area contributed by atoms with Gasteiger partial charge >= 0.3 is 0 Å². The Morgan fingerprint density at radius 1 is 1.19 bits per heavy atom. The van der Waals surface area contributed by atoms with Crippen LogP contribution in [0.4, 0.5) is 0 Å². The Morgan fingerprint density at radius 2 is 1.90 bits per heavy atom. The molecule has 1 heterocycles. The van der Waals surface area contributed by atoms with Crippen LogP contribution in [0.15, 0.2) is 30.3 Å². The van der Waals surface area contributed by atoms with Crippen LogP contribution in [0.25, 0.3) is 0 Å². The first-order valence-electron chi connectivity index (χ1n) is 6.93. The summed E-state index contributed by atoms with van der Waals surface area (Å²) in [5.41, 5.74) is 3.91. The van der Waals surface area contributed by atoms with Crippen molar-refractivity contribution in [1.29, 1.82) is 0 Å². The minimum Gasteiger partial charge on any atom is -0.312 e. The molecule has 0 bridgehead atoms. The molecule has 0 unspecified atom stereocenters. The van der Waals surface area contributed by atoms with Gasteiger partial charge in [-0.1, -0.05) is 30.3 Å². The van der Waals surface area contributed by atoms with Crippen molar-refractivity contribution in [2.24, 2.45) is 0 Å². The fourth-order valence-electron chi connectivity index (χ4n) is 2.18. The molecular weight excluding hydrogens is 286 g/mol. The molecule has 21 heavy (non-hydrogen) atoms. The standard InChI is InChI=1S/C15H21N3O2S/c1-12-15(13(2)18-17-12)10-16-8-9-21(19,20)11-14-6-4-3-5-7-14/h3-7,16H,8-11H2,1-2H3,(H,17,18). The van der Waals surface area contributed by atoms with Gasteiger partial charge in [0.2, 0.25) is 0 Å². The Labute approximate surface area is 125 Å². The minimum absolute atomic E-state index is 0.0965. The number of nitrogens with one attached hydrogen (secondary N) is 2. The molecule has 0 radical (unpaired) electrons. The number of sulfone groups is 1. The van der Waals surface area contributed by atoms with Crippen LogP contribution >= 0.6 is 0 Å². The quantitative estimate of drug-likeness (QED) is 0.764. The zero-order valence-electron chi connectivity index (χ0n) is 12.4. The van der Waals surface area contributed by atoms with Crippen molar-refractivity contribution in [3.05, 3.63) is 52.8 Å². The van der Waals surface area contributed by atoms with Gasteiger partial charge in [-0.3, -0.25) is 5.10 Å². The number of H-pyrrole nitrogens is 1. The first kappa shape index (κ1) is 15.7. The molecular formula is C15H21N3O2S. The highest BCUT2D eigenvalue weighted by molar-refractivity contribution is 7.90. The number of nitrogens with zero attached hydrogens (tertiary/aromatic N) is 1. The van der Waals surface area contributed by atoms with E-state index in [0.29, 0.717) is 13.1 Å². The van der Waals surface area contributed by atoms with Crippen molar-refractivity contribution in [2.75, 3.05) is 12.3 Å². The summed E-state index contributed by atoms with van der Waals surface area (Å²) < 4.78 is 24.1. The Balaban J connectivity index is 1.80. The van der Waals surface area contributed by atoms with Gasteiger partial charge in [0.25, 0.3) is 0 Å². The molecule has 0 spiro atoms. The van der Waals surface area contributed by atoms with Gasteiger partial charge in [-0.15, -0.1) is 0 Å². The number of aryl methyl sites for hydroxylation is 2. The second-order valence-corrected chi connectivity index (χ2v) is 7.35. The van der Waals surface area contributed by atoms with Crippen LogP contribution < -0.4 is 5.32 Å². The molecule has 0 amide bonds. The molecule has 114 valence electrons. The van der Waals surface area contributed by atoms with E-state index < -0.39 is 9.84 Å². The molecule has 1 aromatic heterocycles. The van der Waals surface area contributed by atoms with E-state index in [1.54, 1.807) is 0 Å². The Kier molecular flexibility index (Phi) is 5.14. The van der Waals surface area contributed by atoms with Crippen molar-refractivity contribution in [1.82, 2.24) is 15.5 Å². The first-order valence-corrected chi connectivity index (χ1v) is 8.75. The second-order valence-electron chi connectivity index (χ2n) is 5.17. The molecule has 2 rings (SSSR count). The van der Waals surface area contributed by atoms with E-state index in [1.165, 1.54) is 0 Å². The summed E-state index contributed by atoms with van der Waals surface area (Å²) in [6, 6.07) is 9.26.